The Kier molecular flexibility index (Phi) is 4.38. The summed E-state index contributed by atoms with van der Waals surface area (Å²) < 4.78 is 23.1. The molecule has 0 aromatic heterocycles. The molecule has 0 bridgehead atoms. The Balaban J connectivity index is 2.16. The molecule has 1 heterocycles. The predicted molar refractivity (Wildman–Crippen MR) is 78.7 cm³/mol. The van der Waals surface area contributed by atoms with E-state index in [1.54, 1.807) is 12.1 Å². The van der Waals surface area contributed by atoms with Gasteiger partial charge >= 0.3 is 0 Å². The van der Waals surface area contributed by atoms with Crippen LogP contribution in [0.4, 0.5) is 5.69 Å². The molecule has 2 rings (SSSR count). The van der Waals surface area contributed by atoms with Crippen LogP contribution in [0.5, 0.6) is 0 Å². The number of likely N-dealkylation sites (tertiary alicyclic amines) is 1. The van der Waals surface area contributed by atoms with Gasteiger partial charge in [-0.3, -0.25) is 0 Å². The fourth-order valence-corrected chi connectivity index (χ4v) is 3.04. The molecule has 6 heteroatoms. The maximum atomic E-state index is 11.6. The minimum atomic E-state index is -3.20. The van der Waals surface area contributed by atoms with Gasteiger partial charge in [-0.25, -0.2) is 8.42 Å². The highest BCUT2D eigenvalue weighted by molar-refractivity contribution is 7.90. The molecule has 19 heavy (non-hydrogen) atoms. The Hall–Kier alpha value is -0.780. The third-order valence-corrected chi connectivity index (χ3v) is 4.88. The fraction of sp³-hybridized carbons (Fsp3) is 0.538. The third-order valence-electron chi connectivity index (χ3n) is 3.44. The van der Waals surface area contributed by atoms with Crippen LogP contribution in [0, 0.1) is 0 Å². The van der Waals surface area contributed by atoms with Gasteiger partial charge in [-0.2, -0.15) is 0 Å². The summed E-state index contributed by atoms with van der Waals surface area (Å²) >= 11 is 6.13. The topological polar surface area (TPSA) is 49.4 Å². The van der Waals surface area contributed by atoms with E-state index in [2.05, 4.69) is 17.3 Å². The zero-order valence-electron chi connectivity index (χ0n) is 11.2. The van der Waals surface area contributed by atoms with Crippen molar-refractivity contribution >= 4 is 27.1 Å². The first kappa shape index (κ1) is 14.6. The van der Waals surface area contributed by atoms with Crippen molar-refractivity contribution in [3.05, 3.63) is 23.2 Å². The molecule has 106 valence electrons. The largest absolute Gasteiger partial charge is 0.381 e. The van der Waals surface area contributed by atoms with Crippen molar-refractivity contribution in [1.29, 1.82) is 0 Å². The average Bonchev–Trinajstić information content (AvgIpc) is 2.33. The second kappa shape index (κ2) is 5.69. The van der Waals surface area contributed by atoms with Crippen molar-refractivity contribution in [3.63, 3.8) is 0 Å². The predicted octanol–water partition coefficient (Wildman–Crippen LogP) is 2.25. The first-order valence-corrected chi connectivity index (χ1v) is 8.58. The average molecular weight is 303 g/mol. The summed E-state index contributed by atoms with van der Waals surface area (Å²) in [5.74, 6) is 0. The lowest BCUT2D eigenvalue weighted by Gasteiger charge is -2.30. The van der Waals surface area contributed by atoms with Gasteiger partial charge in [-0.15, -0.1) is 0 Å². The Morgan fingerprint density at radius 1 is 1.32 bits per heavy atom. The third kappa shape index (κ3) is 3.84. The van der Waals surface area contributed by atoms with Crippen molar-refractivity contribution in [1.82, 2.24) is 4.90 Å². The summed E-state index contributed by atoms with van der Waals surface area (Å²) in [7, 11) is -1.09. The van der Waals surface area contributed by atoms with Gasteiger partial charge in [-0.05, 0) is 51.2 Å². The number of hydrogen-bond acceptors (Lipinski definition) is 4. The molecule has 1 aliphatic rings. The van der Waals surface area contributed by atoms with E-state index >= 15 is 0 Å². The Labute approximate surface area is 119 Å². The Morgan fingerprint density at radius 3 is 2.53 bits per heavy atom. The standard InChI is InChI=1S/C13H19ClN2O2S/c1-16-7-5-10(6-8-16)15-13-9-11(19(2,17)18)3-4-12(13)14/h3-4,9-10,15H,5-8H2,1-2H3. The minimum Gasteiger partial charge on any atom is -0.381 e. The van der Waals surface area contributed by atoms with Crippen LogP contribution in [-0.2, 0) is 9.84 Å². The van der Waals surface area contributed by atoms with Crippen molar-refractivity contribution < 1.29 is 8.42 Å². The van der Waals surface area contributed by atoms with Crippen molar-refractivity contribution in [3.8, 4) is 0 Å². The van der Waals surface area contributed by atoms with E-state index < -0.39 is 9.84 Å². The van der Waals surface area contributed by atoms with E-state index in [0.29, 0.717) is 21.6 Å². The molecule has 0 aliphatic carbocycles. The lowest BCUT2D eigenvalue weighted by Crippen LogP contribution is -2.36. The summed E-state index contributed by atoms with van der Waals surface area (Å²) in [6.07, 6.45) is 3.28. The van der Waals surface area contributed by atoms with Gasteiger partial charge in [-0.1, -0.05) is 11.6 Å². The number of nitrogens with zero attached hydrogens (tertiary/aromatic N) is 1. The maximum absolute atomic E-state index is 11.6. The highest BCUT2D eigenvalue weighted by atomic mass is 35.5. The minimum absolute atomic E-state index is 0.298. The number of halogens is 1. The number of benzene rings is 1. The summed E-state index contributed by atoms with van der Waals surface area (Å²) in [4.78, 5) is 2.58. The molecule has 1 saturated heterocycles. The molecular weight excluding hydrogens is 284 g/mol. The molecule has 0 radical (unpaired) electrons. The molecule has 4 nitrogen and oxygen atoms in total. The van der Waals surface area contributed by atoms with Crippen molar-refractivity contribution in [2.45, 2.75) is 23.8 Å². The van der Waals surface area contributed by atoms with E-state index in [1.807, 2.05) is 0 Å². The van der Waals surface area contributed by atoms with E-state index in [9.17, 15) is 8.42 Å². The smallest absolute Gasteiger partial charge is 0.175 e. The van der Waals surface area contributed by atoms with Gasteiger partial charge < -0.3 is 10.2 Å². The van der Waals surface area contributed by atoms with Crippen LogP contribution in [0.25, 0.3) is 0 Å². The highest BCUT2D eigenvalue weighted by Gasteiger charge is 2.18. The maximum Gasteiger partial charge on any atom is 0.175 e. The molecule has 1 aromatic rings. The molecule has 1 N–H and O–H groups in total. The molecule has 0 unspecified atom stereocenters. The fourth-order valence-electron chi connectivity index (χ4n) is 2.22. The van der Waals surface area contributed by atoms with E-state index in [1.165, 1.54) is 12.3 Å². The second-order valence-electron chi connectivity index (χ2n) is 5.14. The normalized spacial score (nSPS) is 18.5. The van der Waals surface area contributed by atoms with Crippen LogP contribution in [0.2, 0.25) is 5.02 Å². The first-order chi connectivity index (χ1) is 8.86. The molecule has 1 fully saturated rings. The summed E-state index contributed by atoms with van der Waals surface area (Å²) in [5, 5.41) is 3.92. The van der Waals surface area contributed by atoms with Gasteiger partial charge in [0.15, 0.2) is 9.84 Å². The number of nitrogens with one attached hydrogen (secondary N) is 1. The lowest BCUT2D eigenvalue weighted by molar-refractivity contribution is 0.264. The van der Waals surface area contributed by atoms with Crippen LogP contribution in [-0.4, -0.2) is 45.8 Å². The summed E-state index contributed by atoms with van der Waals surface area (Å²) in [5.41, 5.74) is 0.708. The summed E-state index contributed by atoms with van der Waals surface area (Å²) in [6, 6.07) is 5.14. The summed E-state index contributed by atoms with van der Waals surface area (Å²) in [6.45, 7) is 2.09. The van der Waals surface area contributed by atoms with Gasteiger partial charge in [0.1, 0.15) is 0 Å². The Morgan fingerprint density at radius 2 is 1.95 bits per heavy atom. The molecule has 0 spiro atoms. The number of hydrogen-bond donors (Lipinski definition) is 1. The van der Waals surface area contributed by atoms with Gasteiger partial charge in [0.05, 0.1) is 15.6 Å². The van der Waals surface area contributed by atoms with E-state index in [0.717, 1.165) is 25.9 Å². The zero-order chi connectivity index (χ0) is 14.0. The molecule has 1 aliphatic heterocycles. The van der Waals surface area contributed by atoms with Gasteiger partial charge in [0.25, 0.3) is 0 Å². The number of piperidine rings is 1. The van der Waals surface area contributed by atoms with Crippen LogP contribution in [0.1, 0.15) is 12.8 Å². The molecule has 0 amide bonds. The van der Waals surface area contributed by atoms with Crippen molar-refractivity contribution in [2.24, 2.45) is 0 Å². The van der Waals surface area contributed by atoms with Crippen LogP contribution >= 0.6 is 11.6 Å². The lowest BCUT2D eigenvalue weighted by atomic mass is 10.1. The van der Waals surface area contributed by atoms with Crippen LogP contribution in [0.15, 0.2) is 23.1 Å². The Bertz CT molecular complexity index is 552. The number of rotatable bonds is 3. The zero-order valence-corrected chi connectivity index (χ0v) is 12.8. The van der Waals surface area contributed by atoms with Crippen LogP contribution < -0.4 is 5.32 Å². The molecule has 0 atom stereocenters. The monoisotopic (exact) mass is 302 g/mol. The highest BCUT2D eigenvalue weighted by Crippen LogP contribution is 2.27. The number of sulfone groups is 1. The van der Waals surface area contributed by atoms with E-state index in [-0.39, 0.29) is 0 Å². The SMILES string of the molecule is CN1CCC(Nc2cc(S(C)(=O)=O)ccc2Cl)CC1. The number of anilines is 1. The van der Waals surface area contributed by atoms with Gasteiger partial charge in [0.2, 0.25) is 0 Å². The first-order valence-electron chi connectivity index (χ1n) is 6.31. The molecular formula is C13H19ClN2O2S. The second-order valence-corrected chi connectivity index (χ2v) is 7.56. The molecule has 1 aromatic carbocycles. The van der Waals surface area contributed by atoms with Crippen molar-refractivity contribution in [2.75, 3.05) is 31.7 Å². The van der Waals surface area contributed by atoms with E-state index in [4.69, 9.17) is 11.6 Å². The molecule has 0 saturated carbocycles. The van der Waals surface area contributed by atoms with Crippen LogP contribution in [0.3, 0.4) is 0 Å². The quantitative estimate of drug-likeness (QED) is 0.930. The van der Waals surface area contributed by atoms with Gasteiger partial charge in [0, 0.05) is 12.3 Å².